The number of hydrogen-bond acceptors (Lipinski definition) is 18. The van der Waals surface area contributed by atoms with Crippen molar-refractivity contribution in [3.8, 4) is 11.5 Å². The number of Topliss-reactive ketones (excluding diaryl/α,β-unsaturated/α-hetero) is 1. The Bertz CT molecular complexity index is 1840. The minimum Gasteiger partial charge on any atom is -0.870 e. The second-order valence-corrected chi connectivity index (χ2v) is 12.4. The molecule has 0 saturated heterocycles. The zero-order valence-corrected chi connectivity index (χ0v) is 41.3. The number of aliphatic hydroxyl groups excluding tert-OH is 3. The first-order chi connectivity index (χ1) is 29.3. The van der Waals surface area contributed by atoms with Gasteiger partial charge in [0, 0.05) is 61.2 Å². The molecule has 2 heterocycles. The number of carboxylic acid groups (broad SMARTS) is 1. The van der Waals surface area contributed by atoms with Crippen molar-refractivity contribution in [2.45, 2.75) is 12.5 Å². The van der Waals surface area contributed by atoms with Gasteiger partial charge in [0.1, 0.15) is 37.1 Å². The van der Waals surface area contributed by atoms with Gasteiger partial charge < -0.3 is 62.8 Å². The van der Waals surface area contributed by atoms with E-state index in [2.05, 4.69) is 73.9 Å². The van der Waals surface area contributed by atoms with Crippen LogP contribution in [0.5, 0.6) is 11.5 Å². The summed E-state index contributed by atoms with van der Waals surface area (Å²) < 4.78 is 21.1. The Hall–Kier alpha value is -4.46. The number of urea groups is 1. The van der Waals surface area contributed by atoms with E-state index in [0.29, 0.717) is 23.1 Å². The predicted molar refractivity (Wildman–Crippen MR) is 234 cm³/mol. The molecule has 360 valence electrons. The Morgan fingerprint density at radius 3 is 1.38 bits per heavy atom. The third-order valence-corrected chi connectivity index (χ3v) is 5.61. The molecule has 0 spiro atoms. The quantitative estimate of drug-likeness (QED) is 0.0471. The molecule has 2 aromatic carbocycles. The van der Waals surface area contributed by atoms with E-state index < -0.39 is 51.7 Å². The number of amides is 3. The molecule has 0 aliphatic rings. The number of para-hydroxylation sites is 2. The molecule has 0 bridgehead atoms. The van der Waals surface area contributed by atoms with Crippen LogP contribution < -0.4 is 77.8 Å². The van der Waals surface area contributed by atoms with Gasteiger partial charge in [-0.2, -0.15) is 10.2 Å². The van der Waals surface area contributed by atoms with Crippen LogP contribution >= 0.6 is 44.6 Å². The molecule has 4 aromatic rings. The molecule has 0 aliphatic carbocycles. The molecule has 0 fully saturated rings. The fraction of sp³-hybridized carbons (Fsp3) is 0.344. The molecule has 3 amide bonds. The Kier molecular flexibility index (Phi) is 59.1. The van der Waals surface area contributed by atoms with E-state index in [1.807, 2.05) is 12.1 Å². The van der Waals surface area contributed by atoms with E-state index in [9.17, 15) is 28.8 Å². The van der Waals surface area contributed by atoms with Crippen LogP contribution in [0.3, 0.4) is 0 Å². The van der Waals surface area contributed by atoms with Gasteiger partial charge in [0.05, 0.1) is 12.4 Å². The minimum absolute atomic E-state index is 0. The normalized spacial score (nSPS) is 8.38. The zero-order chi connectivity index (χ0) is 49.1. The van der Waals surface area contributed by atoms with E-state index in [0.717, 1.165) is 0 Å². The molecule has 0 atom stereocenters. The minimum atomic E-state index is -1.67. The number of rotatable bonds is 8. The van der Waals surface area contributed by atoms with Crippen molar-refractivity contribution in [1.29, 1.82) is 0 Å². The first kappa shape index (κ1) is 73.9. The Morgan fingerprint density at radius 2 is 1.14 bits per heavy atom. The van der Waals surface area contributed by atoms with Crippen molar-refractivity contribution in [2.24, 2.45) is 25.6 Å². The number of alkyl halides is 1. The molecular weight excluding hydrogens is 975 g/mol. The number of nitrogens with two attached hydrogens (primary N) is 2. The van der Waals surface area contributed by atoms with Crippen LogP contribution in [0.25, 0.3) is 0 Å². The summed E-state index contributed by atoms with van der Waals surface area (Å²) in [6, 6.07) is 17.1. The summed E-state index contributed by atoms with van der Waals surface area (Å²) in [5.41, 5.74) is 7.65. The second-order valence-electron chi connectivity index (χ2n) is 9.27. The molecule has 64 heavy (non-hydrogen) atoms. The summed E-state index contributed by atoms with van der Waals surface area (Å²) in [4.78, 5) is 71.8. The summed E-state index contributed by atoms with van der Waals surface area (Å²) in [6.07, 6.45) is -0.448. The number of aromatic amines is 2. The van der Waals surface area contributed by atoms with E-state index in [-0.39, 0.29) is 65.4 Å². The topological polar surface area (TPSA) is 421 Å². The van der Waals surface area contributed by atoms with Gasteiger partial charge in [0.25, 0.3) is 0 Å². The van der Waals surface area contributed by atoms with Gasteiger partial charge in [-0.1, -0.05) is 36.4 Å². The number of hydrogen-bond donors (Lipinski definition) is 11. The van der Waals surface area contributed by atoms with Crippen LogP contribution in [-0.2, 0) is 45.4 Å². The number of aliphatic carboxylic acids is 1. The average Bonchev–Trinajstić information content (AvgIpc) is 3.79. The molecule has 26 nitrogen and oxygen atoms in total. The third-order valence-electron chi connectivity index (χ3n) is 5.29. The number of carbonyl (C=O) groups excluding carboxylic acids is 4. The second kappa shape index (κ2) is 51.2. The molecular formula is C32H52Cl4N11NaO15S. The van der Waals surface area contributed by atoms with Gasteiger partial charge in [-0.3, -0.25) is 13.9 Å². The van der Waals surface area contributed by atoms with Gasteiger partial charge in [0.15, 0.2) is 11.6 Å². The third kappa shape index (κ3) is 47.0. The van der Waals surface area contributed by atoms with Crippen LogP contribution in [0.4, 0.5) is 14.4 Å². The van der Waals surface area contributed by atoms with Crippen LogP contribution in [0, 0.1) is 0 Å². The number of H-pyrrole nitrogens is 2. The number of aliphatic hydroxyl groups is 3. The fourth-order valence-corrected chi connectivity index (χ4v) is 2.90. The van der Waals surface area contributed by atoms with Crippen molar-refractivity contribution in [2.75, 3.05) is 47.9 Å². The van der Waals surface area contributed by atoms with Gasteiger partial charge in [-0.05, 0) is 38.4 Å². The number of ketones is 1. The van der Waals surface area contributed by atoms with Crippen LogP contribution in [-0.4, -0.2) is 137 Å². The van der Waals surface area contributed by atoms with Gasteiger partial charge >= 0.3 is 64.5 Å². The molecule has 0 saturated carbocycles. The van der Waals surface area contributed by atoms with Crippen molar-refractivity contribution >= 4 is 83.1 Å². The Labute approximate surface area is 409 Å². The number of benzene rings is 2. The molecule has 32 heteroatoms. The smallest absolute Gasteiger partial charge is 0.870 e. The summed E-state index contributed by atoms with van der Waals surface area (Å²) in [6.45, 7) is -1.66. The van der Waals surface area contributed by atoms with Crippen molar-refractivity contribution in [1.82, 2.24) is 45.5 Å². The number of nitrogens with one attached hydrogen (secondary N) is 5. The molecule has 4 rings (SSSR count). The van der Waals surface area contributed by atoms with Gasteiger partial charge in [0.2, 0.25) is 9.23 Å². The summed E-state index contributed by atoms with van der Waals surface area (Å²) in [5, 5.41) is 50.1. The number of nitrogens with zero attached hydrogens (tertiary/aromatic N) is 4. The summed E-state index contributed by atoms with van der Waals surface area (Å²) in [5.74, 6) is 0.569. The van der Waals surface area contributed by atoms with Crippen molar-refractivity contribution in [3.05, 3.63) is 93.3 Å². The number of halogens is 4. The monoisotopic (exact) mass is 1030 g/mol. The maximum atomic E-state index is 10.6. The summed E-state index contributed by atoms with van der Waals surface area (Å²) >= 11 is 10.4. The molecule has 0 radical (unpaired) electrons. The van der Waals surface area contributed by atoms with Crippen LogP contribution in [0.2, 0.25) is 0 Å². The predicted octanol–water partition coefficient (Wildman–Crippen LogP) is -3.16. The van der Waals surface area contributed by atoms with E-state index in [1.165, 1.54) is 44.4 Å². The first-order valence-corrected chi connectivity index (χ1v) is 20.1. The molecule has 0 aliphatic heterocycles. The van der Waals surface area contributed by atoms with Crippen LogP contribution in [0.1, 0.15) is 11.6 Å². The summed E-state index contributed by atoms with van der Waals surface area (Å²) in [7, 11) is 16.5. The average molecular weight is 1030 g/mol. The van der Waals surface area contributed by atoms with Crippen molar-refractivity contribution < 1.29 is 93.1 Å². The number of ether oxygens (including phenoxy) is 2. The van der Waals surface area contributed by atoms with E-state index in [4.69, 9.17) is 57.4 Å². The Morgan fingerprint density at radius 1 is 0.766 bits per heavy atom. The Balaban J connectivity index is -0.000000118. The standard InChI is InChI=1S/C8H9NO2.C7H5ClO2.C5H10N2O3.C4H6ClN3O.C4H7N3O2.C2H4O3.2CH5N.Cl2OS.Na.H2O/c1-9-8(10)11-7-5-3-2-4-6-7;8-7(9)10-6-4-2-1-3-5-6;1-6-5(10)7-2-4(9)3-8;1-8-3(2-5)6-7-4(8)9;1-7-3(2-8)5-6-4(7)9;3-1-2(4)5;2*1-2;1-4(2)3;;/h2-6H,1H3,(H,9,10);1-5H;8H,2-3H2,1H3,(H2,6,7,10);2H2,1H3,(H,7,9);8H,2H2,1H3,(H,6,9);3H,1H2,(H,4,5);2*2H2,1H3;;;1H2/q;;;;;;;;;+1;/p-1. The molecule has 14 N–H and O–H groups in total. The molecule has 2 aromatic heterocycles. The fourth-order valence-electron chi connectivity index (χ4n) is 2.57. The number of carbonyl (C=O) groups is 5. The maximum absolute atomic E-state index is 10.6. The van der Waals surface area contributed by atoms with Crippen molar-refractivity contribution in [3.63, 3.8) is 0 Å². The van der Waals surface area contributed by atoms with E-state index in [1.54, 1.807) is 55.6 Å². The molecule has 0 unspecified atom stereocenters. The largest absolute Gasteiger partial charge is 1.00 e. The maximum Gasteiger partial charge on any atom is 1.00 e. The number of aromatic nitrogens is 6. The van der Waals surface area contributed by atoms with Gasteiger partial charge in [-0.15, -0.1) is 11.6 Å². The van der Waals surface area contributed by atoms with Crippen LogP contribution in [0.15, 0.2) is 70.3 Å². The van der Waals surface area contributed by atoms with E-state index >= 15 is 0 Å². The first-order valence-electron chi connectivity index (χ1n) is 16.4. The zero-order valence-electron chi connectivity index (χ0n) is 35.5. The SMILES string of the molecule is CN.CN.CNC(=O)NCC(=O)CO.CNC(=O)Oc1ccccc1.Cn1c(CCl)n[nH]c1=O.Cn1c(CO)n[nH]c1=O.O=C(Cl)Oc1ccccc1.O=C(O)CO.O=S(Cl)Cl.[Na+].[OH-]. The van der Waals surface area contributed by atoms with Gasteiger partial charge in [-0.25, -0.2) is 43.2 Å². The number of carboxylic acids is 1.